The fraction of sp³-hybridized carbons (Fsp3) is 0.214. The van der Waals surface area contributed by atoms with E-state index in [9.17, 15) is 13.2 Å². The quantitative estimate of drug-likeness (QED) is 0.753. The van der Waals surface area contributed by atoms with E-state index in [1.807, 2.05) is 24.3 Å². The highest BCUT2D eigenvalue weighted by molar-refractivity contribution is 5.86. The van der Waals surface area contributed by atoms with Crippen molar-refractivity contribution in [3.05, 3.63) is 42.2 Å². The van der Waals surface area contributed by atoms with Crippen LogP contribution in [0.2, 0.25) is 0 Å². The van der Waals surface area contributed by atoms with Crippen LogP contribution in [0.1, 0.15) is 12.6 Å². The third-order valence-corrected chi connectivity index (χ3v) is 3.23. The van der Waals surface area contributed by atoms with E-state index in [0.29, 0.717) is 5.69 Å². The maximum Gasteiger partial charge on any atom is 0.433 e. The molecule has 104 valence electrons. The Balaban J connectivity index is 2.21. The van der Waals surface area contributed by atoms with Crippen molar-refractivity contribution >= 4 is 10.9 Å². The van der Waals surface area contributed by atoms with Crippen molar-refractivity contribution in [3.8, 4) is 11.3 Å². The summed E-state index contributed by atoms with van der Waals surface area (Å²) in [7, 11) is 0. The molecule has 1 aromatic carbocycles. The Morgan fingerprint density at radius 3 is 2.65 bits per heavy atom. The molecule has 3 aromatic rings. The van der Waals surface area contributed by atoms with Gasteiger partial charge >= 0.3 is 6.18 Å². The predicted octanol–water partition coefficient (Wildman–Crippen LogP) is 4.07. The molecule has 0 saturated carbocycles. The molecule has 0 fully saturated rings. The zero-order valence-electron chi connectivity index (χ0n) is 10.7. The molecule has 20 heavy (non-hydrogen) atoms. The molecule has 3 nitrogen and oxygen atoms in total. The second-order valence-electron chi connectivity index (χ2n) is 4.49. The first kappa shape index (κ1) is 12.8. The molecule has 0 aliphatic rings. The normalized spacial score (nSPS) is 12.2. The van der Waals surface area contributed by atoms with E-state index in [2.05, 4.69) is 10.1 Å². The molecule has 0 amide bonds. The van der Waals surface area contributed by atoms with Crippen LogP contribution < -0.4 is 0 Å². The van der Waals surface area contributed by atoms with Gasteiger partial charge < -0.3 is 4.98 Å². The van der Waals surface area contributed by atoms with Gasteiger partial charge in [0, 0.05) is 23.0 Å². The highest BCUT2D eigenvalue weighted by Crippen LogP contribution is 2.37. The van der Waals surface area contributed by atoms with E-state index in [1.54, 1.807) is 13.0 Å². The van der Waals surface area contributed by atoms with Gasteiger partial charge in [-0.2, -0.15) is 18.3 Å². The van der Waals surface area contributed by atoms with Crippen LogP contribution in [0.15, 0.2) is 36.5 Å². The lowest BCUT2D eigenvalue weighted by molar-refractivity contribution is -0.143. The van der Waals surface area contributed by atoms with Crippen LogP contribution in [-0.2, 0) is 12.7 Å². The first-order valence-electron chi connectivity index (χ1n) is 6.22. The second-order valence-corrected chi connectivity index (χ2v) is 4.49. The van der Waals surface area contributed by atoms with Crippen molar-refractivity contribution in [1.82, 2.24) is 14.8 Å². The number of hydrogen-bond acceptors (Lipinski definition) is 1. The zero-order chi connectivity index (χ0) is 14.3. The average molecular weight is 279 g/mol. The molecule has 1 N–H and O–H groups in total. The number of H-pyrrole nitrogens is 1. The summed E-state index contributed by atoms with van der Waals surface area (Å²) in [5, 5.41) is 4.70. The number of aromatic nitrogens is 3. The van der Waals surface area contributed by atoms with Crippen LogP contribution in [0.5, 0.6) is 0 Å². The minimum Gasteiger partial charge on any atom is -0.354 e. The van der Waals surface area contributed by atoms with E-state index in [1.165, 1.54) is 6.20 Å². The summed E-state index contributed by atoms with van der Waals surface area (Å²) in [6.07, 6.45) is -3.17. The van der Waals surface area contributed by atoms with Gasteiger partial charge in [-0.05, 0) is 19.1 Å². The van der Waals surface area contributed by atoms with Crippen LogP contribution in [0.3, 0.4) is 0 Å². The Kier molecular flexibility index (Phi) is 2.81. The molecule has 3 rings (SSSR count). The van der Waals surface area contributed by atoms with Gasteiger partial charge in [0.15, 0.2) is 5.69 Å². The Labute approximate surface area is 113 Å². The highest BCUT2D eigenvalue weighted by Gasteiger charge is 2.38. The summed E-state index contributed by atoms with van der Waals surface area (Å²) >= 11 is 0. The average Bonchev–Trinajstić information content (AvgIpc) is 3.01. The maximum atomic E-state index is 13.2. The third-order valence-electron chi connectivity index (χ3n) is 3.23. The van der Waals surface area contributed by atoms with E-state index < -0.39 is 11.9 Å². The molecule has 0 spiro atoms. The van der Waals surface area contributed by atoms with Gasteiger partial charge in [-0.25, -0.2) is 0 Å². The van der Waals surface area contributed by atoms with Gasteiger partial charge in [-0.3, -0.25) is 4.68 Å². The summed E-state index contributed by atoms with van der Waals surface area (Å²) in [5.74, 6) is 0. The zero-order valence-corrected chi connectivity index (χ0v) is 10.7. The number of benzene rings is 1. The summed E-state index contributed by atoms with van der Waals surface area (Å²) in [6.45, 7) is 1.81. The van der Waals surface area contributed by atoms with Crippen molar-refractivity contribution in [2.75, 3.05) is 0 Å². The van der Waals surface area contributed by atoms with Crippen LogP contribution in [0.4, 0.5) is 13.2 Å². The molecular formula is C14H12F3N3. The smallest absolute Gasteiger partial charge is 0.354 e. The van der Waals surface area contributed by atoms with Crippen LogP contribution >= 0.6 is 0 Å². The second kappa shape index (κ2) is 4.40. The number of halogens is 3. The van der Waals surface area contributed by atoms with E-state index in [4.69, 9.17) is 0 Å². The maximum absolute atomic E-state index is 13.2. The van der Waals surface area contributed by atoms with Crippen LogP contribution in [0, 0.1) is 0 Å². The number of nitrogens with zero attached hydrogens (tertiary/aromatic N) is 2. The van der Waals surface area contributed by atoms with Crippen LogP contribution in [0.25, 0.3) is 22.2 Å². The summed E-state index contributed by atoms with van der Waals surface area (Å²) in [5.41, 5.74) is 0.597. The van der Waals surface area contributed by atoms with E-state index >= 15 is 0 Å². The van der Waals surface area contributed by atoms with Crippen molar-refractivity contribution < 1.29 is 13.2 Å². The Bertz CT molecular complexity index is 719. The SMILES string of the molecule is CCn1ncc(-c2cc3ccccc3[nH]2)c1C(F)(F)F. The molecule has 2 aromatic heterocycles. The topological polar surface area (TPSA) is 33.6 Å². The Hall–Kier alpha value is -2.24. The summed E-state index contributed by atoms with van der Waals surface area (Å²) in [6, 6.07) is 9.08. The summed E-state index contributed by atoms with van der Waals surface area (Å²) < 4.78 is 40.6. The molecule has 2 heterocycles. The Morgan fingerprint density at radius 2 is 2.00 bits per heavy atom. The standard InChI is InChI=1S/C14H12F3N3/c1-2-20-13(14(15,16)17)10(8-18-20)12-7-9-5-3-4-6-11(9)19-12/h3-8,19H,2H2,1H3. The first-order valence-corrected chi connectivity index (χ1v) is 6.22. The van der Waals surface area contributed by atoms with Gasteiger partial charge in [0.2, 0.25) is 0 Å². The number of fused-ring (bicyclic) bond motifs is 1. The number of aromatic amines is 1. The molecule has 0 unspecified atom stereocenters. The number of para-hydroxylation sites is 1. The molecular weight excluding hydrogens is 267 g/mol. The van der Waals surface area contributed by atoms with Crippen molar-refractivity contribution in [2.24, 2.45) is 0 Å². The predicted molar refractivity (Wildman–Crippen MR) is 70.2 cm³/mol. The number of rotatable bonds is 2. The molecule has 0 aliphatic heterocycles. The summed E-state index contributed by atoms with van der Waals surface area (Å²) in [4.78, 5) is 3.01. The van der Waals surface area contributed by atoms with Crippen LogP contribution in [-0.4, -0.2) is 14.8 Å². The molecule has 0 atom stereocenters. The third kappa shape index (κ3) is 1.97. The number of alkyl halides is 3. The van der Waals surface area contributed by atoms with Gasteiger partial charge in [-0.1, -0.05) is 18.2 Å². The Morgan fingerprint density at radius 1 is 1.25 bits per heavy atom. The highest BCUT2D eigenvalue weighted by atomic mass is 19.4. The van der Waals surface area contributed by atoms with Crippen molar-refractivity contribution in [1.29, 1.82) is 0 Å². The van der Waals surface area contributed by atoms with Gasteiger partial charge in [0.25, 0.3) is 0 Å². The van der Waals surface area contributed by atoms with Gasteiger partial charge in [0.05, 0.1) is 11.9 Å². The number of aryl methyl sites for hydroxylation is 1. The molecule has 0 radical (unpaired) electrons. The van der Waals surface area contributed by atoms with E-state index in [-0.39, 0.29) is 12.1 Å². The molecule has 0 aliphatic carbocycles. The van der Waals surface area contributed by atoms with Crippen molar-refractivity contribution in [3.63, 3.8) is 0 Å². The van der Waals surface area contributed by atoms with Gasteiger partial charge in [-0.15, -0.1) is 0 Å². The fourth-order valence-electron chi connectivity index (χ4n) is 2.34. The minimum atomic E-state index is -4.43. The molecule has 0 saturated heterocycles. The monoisotopic (exact) mass is 279 g/mol. The lowest BCUT2D eigenvalue weighted by atomic mass is 10.1. The number of nitrogens with one attached hydrogen (secondary N) is 1. The minimum absolute atomic E-state index is 0.0792. The van der Waals surface area contributed by atoms with E-state index in [0.717, 1.165) is 15.6 Å². The lowest BCUT2D eigenvalue weighted by Crippen LogP contribution is -2.15. The molecule has 6 heteroatoms. The largest absolute Gasteiger partial charge is 0.433 e. The first-order chi connectivity index (χ1) is 9.50. The molecule has 0 bridgehead atoms. The van der Waals surface area contributed by atoms with Gasteiger partial charge in [0.1, 0.15) is 0 Å². The number of hydrogen-bond donors (Lipinski definition) is 1. The fourth-order valence-corrected chi connectivity index (χ4v) is 2.34. The van der Waals surface area contributed by atoms with Crippen molar-refractivity contribution in [2.45, 2.75) is 19.6 Å². The lowest BCUT2D eigenvalue weighted by Gasteiger charge is -2.10.